The number of carbonyl (C=O) groups excluding carboxylic acids is 1. The maximum atomic E-state index is 12.0. The number of nitrogens with one attached hydrogen (secondary N) is 2. The molecule has 5 heteroatoms. The summed E-state index contributed by atoms with van der Waals surface area (Å²) < 4.78 is 5.44. The Balaban J connectivity index is 2.57. The molecular formula is C16H26N2O3. The molecule has 0 aliphatic heterocycles. The molecule has 1 aromatic rings. The molecule has 0 radical (unpaired) electrons. The van der Waals surface area contributed by atoms with Crippen LogP contribution in [0.4, 0.5) is 4.79 Å². The van der Waals surface area contributed by atoms with Crippen molar-refractivity contribution < 1.29 is 14.6 Å². The van der Waals surface area contributed by atoms with E-state index >= 15 is 0 Å². The molecule has 21 heavy (non-hydrogen) atoms. The number of para-hydroxylation sites is 1. The Morgan fingerprint density at radius 3 is 2.57 bits per heavy atom. The molecular weight excluding hydrogens is 268 g/mol. The number of amides is 2. The number of hydrogen-bond donors (Lipinski definition) is 3. The Hall–Kier alpha value is -1.75. The average molecular weight is 294 g/mol. The van der Waals surface area contributed by atoms with Crippen molar-refractivity contribution in [1.82, 2.24) is 10.6 Å². The Morgan fingerprint density at radius 1 is 1.29 bits per heavy atom. The first-order valence-electron chi connectivity index (χ1n) is 7.42. The van der Waals surface area contributed by atoms with Crippen LogP contribution in [0.5, 0.6) is 5.75 Å². The van der Waals surface area contributed by atoms with Crippen LogP contribution in [0.3, 0.4) is 0 Å². The number of rotatable bonds is 8. The Kier molecular flexibility index (Phi) is 7.02. The topological polar surface area (TPSA) is 70.6 Å². The second kappa shape index (κ2) is 8.52. The fourth-order valence-electron chi connectivity index (χ4n) is 1.87. The molecule has 2 amide bonds. The van der Waals surface area contributed by atoms with E-state index < -0.39 is 0 Å². The van der Waals surface area contributed by atoms with Gasteiger partial charge in [0.2, 0.25) is 0 Å². The van der Waals surface area contributed by atoms with E-state index in [0.717, 1.165) is 18.4 Å². The summed E-state index contributed by atoms with van der Waals surface area (Å²) in [6, 6.07) is 7.29. The van der Waals surface area contributed by atoms with E-state index in [9.17, 15) is 4.79 Å². The number of benzene rings is 1. The zero-order chi connectivity index (χ0) is 15.7. The van der Waals surface area contributed by atoms with Crippen LogP contribution in [-0.2, 0) is 6.54 Å². The van der Waals surface area contributed by atoms with Crippen molar-refractivity contribution in [2.45, 2.75) is 45.7 Å². The second-order valence-corrected chi connectivity index (χ2v) is 5.26. The van der Waals surface area contributed by atoms with Crippen molar-refractivity contribution in [3.05, 3.63) is 29.8 Å². The van der Waals surface area contributed by atoms with Crippen LogP contribution < -0.4 is 15.4 Å². The van der Waals surface area contributed by atoms with Gasteiger partial charge in [-0.1, -0.05) is 32.0 Å². The third-order valence-electron chi connectivity index (χ3n) is 3.74. The van der Waals surface area contributed by atoms with Crippen LogP contribution in [0.25, 0.3) is 0 Å². The van der Waals surface area contributed by atoms with Crippen molar-refractivity contribution in [2.24, 2.45) is 0 Å². The normalized spacial score (nSPS) is 11.0. The van der Waals surface area contributed by atoms with Crippen molar-refractivity contribution in [1.29, 1.82) is 0 Å². The van der Waals surface area contributed by atoms with Crippen molar-refractivity contribution >= 4 is 6.03 Å². The first-order valence-corrected chi connectivity index (χ1v) is 7.42. The summed E-state index contributed by atoms with van der Waals surface area (Å²) in [7, 11) is 0. The fourth-order valence-corrected chi connectivity index (χ4v) is 1.87. The summed E-state index contributed by atoms with van der Waals surface area (Å²) in [5.74, 6) is 0.681. The first-order chi connectivity index (χ1) is 10.0. The molecule has 0 atom stereocenters. The van der Waals surface area contributed by atoms with Crippen LogP contribution >= 0.6 is 0 Å². The van der Waals surface area contributed by atoms with E-state index in [1.165, 1.54) is 0 Å². The van der Waals surface area contributed by atoms with Gasteiger partial charge in [-0.15, -0.1) is 0 Å². The summed E-state index contributed by atoms with van der Waals surface area (Å²) in [5.41, 5.74) is 0.701. The van der Waals surface area contributed by atoms with E-state index in [4.69, 9.17) is 9.84 Å². The van der Waals surface area contributed by atoms with Crippen LogP contribution in [-0.4, -0.2) is 29.9 Å². The van der Waals surface area contributed by atoms with Crippen molar-refractivity contribution in [3.8, 4) is 5.75 Å². The minimum absolute atomic E-state index is 0.0341. The summed E-state index contributed by atoms with van der Waals surface area (Å²) in [4.78, 5) is 12.0. The van der Waals surface area contributed by atoms with Gasteiger partial charge in [0.05, 0.1) is 6.61 Å². The van der Waals surface area contributed by atoms with E-state index in [0.29, 0.717) is 12.3 Å². The summed E-state index contributed by atoms with van der Waals surface area (Å²) >= 11 is 0. The largest absolute Gasteiger partial charge is 0.491 e. The van der Waals surface area contributed by atoms with Gasteiger partial charge >= 0.3 is 6.03 Å². The molecule has 0 fully saturated rings. The van der Waals surface area contributed by atoms with Gasteiger partial charge < -0.3 is 20.5 Å². The highest BCUT2D eigenvalue weighted by Crippen LogP contribution is 2.18. The van der Waals surface area contributed by atoms with Gasteiger partial charge in [-0.2, -0.15) is 0 Å². The van der Waals surface area contributed by atoms with Crippen LogP contribution in [0, 0.1) is 0 Å². The number of urea groups is 1. The number of ether oxygens (including phenoxy) is 1. The third-order valence-corrected chi connectivity index (χ3v) is 3.74. The minimum atomic E-state index is -0.184. The quantitative estimate of drug-likeness (QED) is 0.689. The van der Waals surface area contributed by atoms with Gasteiger partial charge in [0.25, 0.3) is 0 Å². The molecule has 0 saturated carbocycles. The molecule has 0 aliphatic rings. The molecule has 0 bridgehead atoms. The molecule has 118 valence electrons. The Morgan fingerprint density at radius 2 is 1.95 bits per heavy atom. The van der Waals surface area contributed by atoms with Crippen LogP contribution in [0.1, 0.15) is 39.2 Å². The van der Waals surface area contributed by atoms with Gasteiger partial charge in [0, 0.05) is 17.6 Å². The molecule has 0 aliphatic carbocycles. The summed E-state index contributed by atoms with van der Waals surface area (Å²) in [6.45, 7) is 6.74. The molecule has 0 spiro atoms. The maximum Gasteiger partial charge on any atom is 0.315 e. The fraction of sp³-hybridized carbons (Fsp3) is 0.562. The molecule has 0 saturated heterocycles. The Labute approximate surface area is 126 Å². The monoisotopic (exact) mass is 294 g/mol. The predicted molar refractivity (Wildman–Crippen MR) is 83.4 cm³/mol. The summed E-state index contributed by atoms with van der Waals surface area (Å²) in [5, 5.41) is 14.7. The van der Waals surface area contributed by atoms with Crippen molar-refractivity contribution in [3.63, 3.8) is 0 Å². The predicted octanol–water partition coefficient (Wildman–Crippen LogP) is 2.44. The van der Waals surface area contributed by atoms with Gasteiger partial charge in [-0.25, -0.2) is 4.79 Å². The standard InChI is InChI=1S/C16H26N2O3/c1-4-16(3,5-2)18-15(20)17-12-13-8-6-7-9-14(13)21-11-10-19/h6-9,19H,4-5,10-12H2,1-3H3,(H2,17,18,20). The zero-order valence-corrected chi connectivity index (χ0v) is 13.1. The van der Waals surface area contributed by atoms with Gasteiger partial charge in [0.1, 0.15) is 12.4 Å². The van der Waals surface area contributed by atoms with E-state index in [2.05, 4.69) is 24.5 Å². The number of aliphatic hydroxyl groups excluding tert-OH is 1. The van der Waals surface area contributed by atoms with E-state index in [-0.39, 0.29) is 24.8 Å². The first kappa shape index (κ1) is 17.3. The lowest BCUT2D eigenvalue weighted by molar-refractivity contribution is 0.199. The van der Waals surface area contributed by atoms with Gasteiger partial charge in [0.15, 0.2) is 0 Å². The highest BCUT2D eigenvalue weighted by molar-refractivity contribution is 5.74. The van der Waals surface area contributed by atoms with E-state index in [1.54, 1.807) is 0 Å². The van der Waals surface area contributed by atoms with E-state index in [1.807, 2.05) is 31.2 Å². The maximum absolute atomic E-state index is 12.0. The molecule has 0 unspecified atom stereocenters. The van der Waals surface area contributed by atoms with Gasteiger partial charge in [-0.05, 0) is 25.8 Å². The third kappa shape index (κ3) is 5.63. The molecule has 0 aromatic heterocycles. The molecule has 1 rings (SSSR count). The Bertz CT molecular complexity index is 445. The lowest BCUT2D eigenvalue weighted by atomic mass is 9.96. The number of carbonyl (C=O) groups is 1. The summed E-state index contributed by atoms with van der Waals surface area (Å²) in [6.07, 6.45) is 1.76. The lowest BCUT2D eigenvalue weighted by Crippen LogP contribution is -2.49. The average Bonchev–Trinajstić information content (AvgIpc) is 2.51. The van der Waals surface area contributed by atoms with Crippen LogP contribution in [0.15, 0.2) is 24.3 Å². The second-order valence-electron chi connectivity index (χ2n) is 5.26. The molecule has 5 nitrogen and oxygen atoms in total. The smallest absolute Gasteiger partial charge is 0.315 e. The minimum Gasteiger partial charge on any atom is -0.491 e. The highest BCUT2D eigenvalue weighted by atomic mass is 16.5. The molecule has 3 N–H and O–H groups in total. The number of hydrogen-bond acceptors (Lipinski definition) is 3. The molecule has 1 aromatic carbocycles. The number of aliphatic hydroxyl groups is 1. The van der Waals surface area contributed by atoms with Gasteiger partial charge in [-0.3, -0.25) is 0 Å². The highest BCUT2D eigenvalue weighted by Gasteiger charge is 2.21. The SMILES string of the molecule is CCC(C)(CC)NC(=O)NCc1ccccc1OCCO. The van der Waals surface area contributed by atoms with Crippen molar-refractivity contribution in [2.75, 3.05) is 13.2 Å². The zero-order valence-electron chi connectivity index (χ0n) is 13.1. The lowest BCUT2D eigenvalue weighted by Gasteiger charge is -2.28. The van der Waals surface area contributed by atoms with Crippen LogP contribution in [0.2, 0.25) is 0 Å². The molecule has 0 heterocycles.